The van der Waals surface area contributed by atoms with E-state index >= 15 is 0 Å². The van der Waals surface area contributed by atoms with E-state index in [1.165, 1.54) is 35.6 Å². The molecule has 0 aliphatic heterocycles. The Morgan fingerprint density at radius 3 is 2.81 bits per heavy atom. The first-order chi connectivity index (χ1) is 12.6. The molecule has 4 aromatic rings. The number of benzene rings is 2. The number of carbonyl (C=O) groups excluding carboxylic acids is 1. The van der Waals surface area contributed by atoms with Gasteiger partial charge in [0.2, 0.25) is 5.89 Å². The SMILES string of the molecule is C[C@@H](OC(=O)c1ccc2ncsc2c1)c1nnc(-c2ccc(F)cc2)o1. The molecule has 2 aromatic heterocycles. The minimum Gasteiger partial charge on any atom is -0.449 e. The van der Waals surface area contributed by atoms with Gasteiger partial charge in [0, 0.05) is 5.56 Å². The number of ether oxygens (including phenoxy) is 1. The van der Waals surface area contributed by atoms with E-state index in [0.717, 1.165) is 10.2 Å². The van der Waals surface area contributed by atoms with Gasteiger partial charge in [-0.1, -0.05) is 0 Å². The van der Waals surface area contributed by atoms with E-state index in [1.54, 1.807) is 30.6 Å². The largest absolute Gasteiger partial charge is 0.449 e. The summed E-state index contributed by atoms with van der Waals surface area (Å²) in [6.45, 7) is 1.64. The molecule has 0 N–H and O–H groups in total. The van der Waals surface area contributed by atoms with Crippen LogP contribution in [0, 0.1) is 5.82 Å². The lowest BCUT2D eigenvalue weighted by Gasteiger charge is -2.09. The van der Waals surface area contributed by atoms with Crippen molar-refractivity contribution in [1.82, 2.24) is 15.2 Å². The van der Waals surface area contributed by atoms with Gasteiger partial charge in [-0.25, -0.2) is 14.2 Å². The maximum Gasteiger partial charge on any atom is 0.338 e. The van der Waals surface area contributed by atoms with Crippen LogP contribution in [0.3, 0.4) is 0 Å². The van der Waals surface area contributed by atoms with Gasteiger partial charge >= 0.3 is 5.97 Å². The Morgan fingerprint density at radius 1 is 1.19 bits per heavy atom. The zero-order valence-electron chi connectivity index (χ0n) is 13.5. The molecule has 0 amide bonds. The van der Waals surface area contributed by atoms with E-state index in [0.29, 0.717) is 11.1 Å². The fourth-order valence-corrected chi connectivity index (χ4v) is 3.09. The number of thiazole rings is 1. The van der Waals surface area contributed by atoms with Gasteiger partial charge in [-0.3, -0.25) is 0 Å². The number of hydrogen-bond donors (Lipinski definition) is 0. The first-order valence-electron chi connectivity index (χ1n) is 7.74. The molecular weight excluding hydrogens is 357 g/mol. The highest BCUT2D eigenvalue weighted by Gasteiger charge is 2.20. The first-order valence-corrected chi connectivity index (χ1v) is 8.62. The molecule has 6 nitrogen and oxygen atoms in total. The van der Waals surface area contributed by atoms with E-state index < -0.39 is 12.1 Å². The lowest BCUT2D eigenvalue weighted by atomic mass is 10.2. The zero-order chi connectivity index (χ0) is 18.1. The van der Waals surface area contributed by atoms with Crippen LogP contribution in [-0.2, 0) is 4.74 Å². The van der Waals surface area contributed by atoms with E-state index in [-0.39, 0.29) is 17.6 Å². The second-order valence-corrected chi connectivity index (χ2v) is 6.42. The van der Waals surface area contributed by atoms with Crippen LogP contribution in [0.15, 0.2) is 52.4 Å². The average molecular weight is 369 g/mol. The summed E-state index contributed by atoms with van der Waals surface area (Å²) in [7, 11) is 0. The Balaban J connectivity index is 1.49. The summed E-state index contributed by atoms with van der Waals surface area (Å²) in [5.41, 5.74) is 3.56. The number of fused-ring (bicyclic) bond motifs is 1. The smallest absolute Gasteiger partial charge is 0.338 e. The Morgan fingerprint density at radius 2 is 2.00 bits per heavy atom. The van der Waals surface area contributed by atoms with Gasteiger partial charge in [0.25, 0.3) is 5.89 Å². The topological polar surface area (TPSA) is 78.1 Å². The molecule has 0 bridgehead atoms. The molecule has 8 heteroatoms. The van der Waals surface area contributed by atoms with Crippen molar-refractivity contribution in [3.63, 3.8) is 0 Å². The molecule has 4 rings (SSSR count). The van der Waals surface area contributed by atoms with Gasteiger partial charge in [0.1, 0.15) is 5.82 Å². The Hall–Kier alpha value is -3.13. The van der Waals surface area contributed by atoms with Crippen LogP contribution in [0.5, 0.6) is 0 Å². The summed E-state index contributed by atoms with van der Waals surface area (Å²) in [5, 5.41) is 7.82. The second-order valence-electron chi connectivity index (χ2n) is 5.53. The quantitative estimate of drug-likeness (QED) is 0.496. The zero-order valence-corrected chi connectivity index (χ0v) is 14.4. The lowest BCUT2D eigenvalue weighted by Crippen LogP contribution is -2.09. The highest BCUT2D eigenvalue weighted by molar-refractivity contribution is 7.16. The lowest BCUT2D eigenvalue weighted by molar-refractivity contribution is 0.0280. The number of rotatable bonds is 4. The third kappa shape index (κ3) is 3.18. The number of aromatic nitrogens is 3. The molecule has 130 valence electrons. The molecule has 2 heterocycles. The molecule has 2 aromatic carbocycles. The van der Waals surface area contributed by atoms with Gasteiger partial charge in [-0.2, -0.15) is 0 Å². The predicted octanol–water partition coefficient (Wildman–Crippen LogP) is 4.40. The van der Waals surface area contributed by atoms with Crippen molar-refractivity contribution in [2.75, 3.05) is 0 Å². The maximum atomic E-state index is 13.0. The van der Waals surface area contributed by atoms with E-state index in [4.69, 9.17) is 9.15 Å². The van der Waals surface area contributed by atoms with Gasteiger partial charge in [0.15, 0.2) is 6.10 Å². The monoisotopic (exact) mass is 369 g/mol. The van der Waals surface area contributed by atoms with Crippen molar-refractivity contribution in [1.29, 1.82) is 0 Å². The van der Waals surface area contributed by atoms with Crippen LogP contribution in [0.1, 0.15) is 29.3 Å². The van der Waals surface area contributed by atoms with Gasteiger partial charge in [0.05, 0.1) is 21.3 Å². The van der Waals surface area contributed by atoms with E-state index in [9.17, 15) is 9.18 Å². The van der Waals surface area contributed by atoms with E-state index in [1.807, 2.05) is 0 Å². The maximum absolute atomic E-state index is 13.0. The standard InChI is InChI=1S/C18H12FN3O3S/c1-10(16-21-22-17(25-16)11-2-5-13(19)6-3-11)24-18(23)12-4-7-14-15(8-12)26-9-20-14/h2-10H,1H3/t10-/m1/s1. The summed E-state index contributed by atoms with van der Waals surface area (Å²) in [4.78, 5) is 16.5. The minimum atomic E-state index is -0.721. The third-order valence-corrected chi connectivity index (χ3v) is 4.52. The van der Waals surface area contributed by atoms with Crippen molar-refractivity contribution in [2.45, 2.75) is 13.0 Å². The van der Waals surface area contributed by atoms with E-state index in [2.05, 4.69) is 15.2 Å². The number of nitrogens with zero attached hydrogens (tertiary/aromatic N) is 3. The molecule has 0 fully saturated rings. The number of halogens is 1. The molecule has 0 aliphatic carbocycles. The third-order valence-electron chi connectivity index (χ3n) is 3.73. The predicted molar refractivity (Wildman–Crippen MR) is 93.1 cm³/mol. The number of esters is 1. The summed E-state index contributed by atoms with van der Waals surface area (Å²) >= 11 is 1.45. The van der Waals surface area contributed by atoms with Crippen LogP contribution in [-0.4, -0.2) is 21.2 Å². The highest BCUT2D eigenvalue weighted by Crippen LogP contribution is 2.24. The van der Waals surface area contributed by atoms with Crippen LogP contribution < -0.4 is 0 Å². The van der Waals surface area contributed by atoms with Crippen LogP contribution in [0.2, 0.25) is 0 Å². The summed E-state index contributed by atoms with van der Waals surface area (Å²) in [6.07, 6.45) is -0.721. The number of carbonyl (C=O) groups is 1. The van der Waals surface area contributed by atoms with Crippen molar-refractivity contribution < 1.29 is 18.3 Å². The molecule has 0 unspecified atom stereocenters. The van der Waals surface area contributed by atoms with Gasteiger partial charge in [-0.15, -0.1) is 21.5 Å². The molecule has 1 atom stereocenters. The molecule has 0 spiro atoms. The second kappa shape index (κ2) is 6.64. The normalized spacial score (nSPS) is 12.2. The fraction of sp³-hybridized carbons (Fsp3) is 0.111. The van der Waals surface area contributed by atoms with Crippen molar-refractivity contribution in [3.8, 4) is 11.5 Å². The molecule has 26 heavy (non-hydrogen) atoms. The summed E-state index contributed by atoms with van der Waals surface area (Å²) in [5.74, 6) is -0.450. The molecule has 0 radical (unpaired) electrons. The Bertz CT molecular complexity index is 1070. The van der Waals surface area contributed by atoms with Crippen LogP contribution in [0.4, 0.5) is 4.39 Å². The molecule has 0 saturated heterocycles. The molecule has 0 saturated carbocycles. The molecular formula is C18H12FN3O3S. The first kappa shape index (κ1) is 16.3. The van der Waals surface area contributed by atoms with Crippen LogP contribution >= 0.6 is 11.3 Å². The Labute approximate surface area is 151 Å². The minimum absolute atomic E-state index is 0.163. The number of hydrogen-bond acceptors (Lipinski definition) is 7. The van der Waals surface area contributed by atoms with Gasteiger partial charge in [-0.05, 0) is 49.4 Å². The summed E-state index contributed by atoms with van der Waals surface area (Å²) in [6, 6.07) is 10.8. The van der Waals surface area contributed by atoms with Crippen molar-refractivity contribution in [2.24, 2.45) is 0 Å². The van der Waals surface area contributed by atoms with Gasteiger partial charge < -0.3 is 9.15 Å². The fourth-order valence-electron chi connectivity index (χ4n) is 2.37. The summed E-state index contributed by atoms with van der Waals surface area (Å²) < 4.78 is 24.8. The Kier molecular flexibility index (Phi) is 4.18. The average Bonchev–Trinajstić information content (AvgIpc) is 3.31. The van der Waals surface area contributed by atoms with Crippen molar-refractivity contribution >= 4 is 27.5 Å². The van der Waals surface area contributed by atoms with Crippen molar-refractivity contribution in [3.05, 3.63) is 65.2 Å². The van der Waals surface area contributed by atoms with Crippen LogP contribution in [0.25, 0.3) is 21.7 Å². The molecule has 0 aliphatic rings. The highest BCUT2D eigenvalue weighted by atomic mass is 32.1.